The number of aromatic nitrogens is 3. The van der Waals surface area contributed by atoms with Crippen LogP contribution >= 0.6 is 11.8 Å². The van der Waals surface area contributed by atoms with E-state index in [0.29, 0.717) is 18.4 Å². The van der Waals surface area contributed by atoms with Gasteiger partial charge in [-0.25, -0.2) is 9.97 Å². The lowest BCUT2D eigenvalue weighted by atomic mass is 10.3. The molecule has 0 fully saturated rings. The van der Waals surface area contributed by atoms with Crippen LogP contribution in [0.1, 0.15) is 6.92 Å². The largest absolute Gasteiger partial charge is 0.463 e. The van der Waals surface area contributed by atoms with Gasteiger partial charge in [0.15, 0.2) is 5.16 Å². The third-order valence-electron chi connectivity index (χ3n) is 2.57. The van der Waals surface area contributed by atoms with Gasteiger partial charge in [-0.05, 0) is 25.1 Å². The van der Waals surface area contributed by atoms with Gasteiger partial charge in [-0.1, -0.05) is 17.8 Å². The number of nitrogens with zero attached hydrogens (tertiary/aromatic N) is 3. The van der Waals surface area contributed by atoms with Crippen LogP contribution in [0.3, 0.4) is 0 Å². The quantitative estimate of drug-likeness (QED) is 0.319. The van der Waals surface area contributed by atoms with Crippen molar-refractivity contribution in [3.8, 4) is 11.4 Å². The average Bonchev–Trinajstić information content (AvgIpc) is 2.58. The van der Waals surface area contributed by atoms with Crippen LogP contribution in [0.5, 0.6) is 0 Å². The highest BCUT2D eigenvalue weighted by Crippen LogP contribution is 2.18. The minimum atomic E-state index is -0.309. The summed E-state index contributed by atoms with van der Waals surface area (Å²) in [5, 5.41) is 0.518. The van der Waals surface area contributed by atoms with Gasteiger partial charge in [0, 0.05) is 19.0 Å². The first-order valence-electron chi connectivity index (χ1n) is 6.90. The van der Waals surface area contributed by atoms with Gasteiger partial charge in [-0.2, -0.15) is 0 Å². The SMILES string of the molecule is CCOCCOC(=O)CSc1nccc(-c2ccccn2)n1. The van der Waals surface area contributed by atoms with Gasteiger partial charge >= 0.3 is 5.97 Å². The molecule has 0 aliphatic rings. The topological polar surface area (TPSA) is 74.2 Å². The normalized spacial score (nSPS) is 10.4. The van der Waals surface area contributed by atoms with Crippen molar-refractivity contribution in [2.24, 2.45) is 0 Å². The molecule has 0 atom stereocenters. The Morgan fingerprint density at radius 3 is 2.82 bits per heavy atom. The first kappa shape index (κ1) is 16.4. The van der Waals surface area contributed by atoms with Gasteiger partial charge < -0.3 is 9.47 Å². The number of ether oxygens (including phenoxy) is 2. The van der Waals surface area contributed by atoms with Crippen LogP contribution in [0, 0.1) is 0 Å². The highest BCUT2D eigenvalue weighted by molar-refractivity contribution is 7.99. The maximum atomic E-state index is 11.6. The zero-order chi connectivity index (χ0) is 15.6. The molecule has 0 amide bonds. The molecule has 7 heteroatoms. The monoisotopic (exact) mass is 319 g/mol. The second kappa shape index (κ2) is 9.11. The fraction of sp³-hybridized carbons (Fsp3) is 0.333. The number of esters is 1. The minimum absolute atomic E-state index is 0.164. The number of pyridine rings is 1. The Hall–Kier alpha value is -1.99. The number of hydrogen-bond donors (Lipinski definition) is 0. The van der Waals surface area contributed by atoms with Crippen molar-refractivity contribution in [2.45, 2.75) is 12.1 Å². The molecule has 2 aromatic heterocycles. The predicted octanol–water partition coefficient (Wildman–Crippen LogP) is 2.21. The van der Waals surface area contributed by atoms with Crippen LogP contribution in [0.25, 0.3) is 11.4 Å². The molecule has 22 heavy (non-hydrogen) atoms. The first-order chi connectivity index (χ1) is 10.8. The molecule has 0 spiro atoms. The number of carbonyl (C=O) groups is 1. The van der Waals surface area contributed by atoms with E-state index in [1.165, 1.54) is 11.8 Å². The van der Waals surface area contributed by atoms with E-state index in [-0.39, 0.29) is 18.3 Å². The van der Waals surface area contributed by atoms with E-state index in [9.17, 15) is 4.79 Å². The molecule has 116 valence electrons. The summed E-state index contributed by atoms with van der Waals surface area (Å²) in [5.41, 5.74) is 1.49. The molecule has 2 rings (SSSR count). The molecule has 0 saturated carbocycles. The summed E-state index contributed by atoms with van der Waals surface area (Å²) in [6, 6.07) is 7.40. The van der Waals surface area contributed by atoms with Crippen LogP contribution in [0.2, 0.25) is 0 Å². The van der Waals surface area contributed by atoms with Gasteiger partial charge in [-0.15, -0.1) is 0 Å². The Kier molecular flexibility index (Phi) is 6.79. The molecule has 0 aliphatic carbocycles. The molecule has 6 nitrogen and oxygen atoms in total. The van der Waals surface area contributed by atoms with Crippen molar-refractivity contribution in [1.29, 1.82) is 0 Å². The number of hydrogen-bond acceptors (Lipinski definition) is 7. The highest BCUT2D eigenvalue weighted by atomic mass is 32.2. The minimum Gasteiger partial charge on any atom is -0.463 e. The van der Waals surface area contributed by atoms with E-state index in [4.69, 9.17) is 9.47 Å². The van der Waals surface area contributed by atoms with Crippen molar-refractivity contribution in [1.82, 2.24) is 15.0 Å². The number of thioether (sulfide) groups is 1. The molecular formula is C15H17N3O3S. The van der Waals surface area contributed by atoms with Crippen molar-refractivity contribution in [3.05, 3.63) is 36.7 Å². The van der Waals surface area contributed by atoms with Gasteiger partial charge in [0.25, 0.3) is 0 Å². The van der Waals surface area contributed by atoms with E-state index in [1.54, 1.807) is 18.5 Å². The molecule has 2 aromatic rings. The molecule has 0 aromatic carbocycles. The summed E-state index contributed by atoms with van der Waals surface area (Å²) in [6.45, 7) is 3.19. The Bertz CT molecular complexity index is 596. The zero-order valence-electron chi connectivity index (χ0n) is 12.3. The molecule has 0 saturated heterocycles. The molecule has 0 bridgehead atoms. The molecule has 0 unspecified atom stereocenters. The summed E-state index contributed by atoms with van der Waals surface area (Å²) in [5.74, 6) is -0.144. The second-order valence-corrected chi connectivity index (χ2v) is 5.09. The first-order valence-corrected chi connectivity index (χ1v) is 7.88. The molecule has 0 N–H and O–H groups in total. The van der Waals surface area contributed by atoms with Crippen LogP contribution in [-0.2, 0) is 14.3 Å². The summed E-state index contributed by atoms with van der Waals surface area (Å²) < 4.78 is 10.1. The van der Waals surface area contributed by atoms with E-state index in [2.05, 4.69) is 15.0 Å². The molecular weight excluding hydrogens is 302 g/mol. The maximum Gasteiger partial charge on any atom is 0.316 e. The fourth-order valence-corrected chi connectivity index (χ4v) is 2.22. The van der Waals surface area contributed by atoms with Crippen molar-refractivity contribution >= 4 is 17.7 Å². The van der Waals surface area contributed by atoms with Gasteiger partial charge in [0.05, 0.1) is 23.7 Å². The van der Waals surface area contributed by atoms with Crippen molar-refractivity contribution in [3.63, 3.8) is 0 Å². The van der Waals surface area contributed by atoms with Crippen LogP contribution in [0.15, 0.2) is 41.8 Å². The van der Waals surface area contributed by atoms with E-state index < -0.39 is 0 Å². The smallest absolute Gasteiger partial charge is 0.316 e. The second-order valence-electron chi connectivity index (χ2n) is 4.15. The standard InChI is InChI=1S/C15H17N3O3S/c1-2-20-9-10-21-14(19)11-22-15-17-8-6-13(18-15)12-5-3-4-7-16-12/h3-8H,2,9-11H2,1H3. The summed E-state index contributed by atoms with van der Waals surface area (Å²) in [7, 11) is 0. The lowest BCUT2D eigenvalue weighted by molar-refractivity contribution is -0.141. The summed E-state index contributed by atoms with van der Waals surface area (Å²) in [4.78, 5) is 24.3. The fourth-order valence-electron chi connectivity index (χ4n) is 1.59. The van der Waals surface area contributed by atoms with E-state index in [0.717, 1.165) is 11.4 Å². The molecule has 0 radical (unpaired) electrons. The third kappa shape index (κ3) is 5.42. The number of rotatable bonds is 8. The van der Waals surface area contributed by atoms with Gasteiger partial charge in [0.2, 0.25) is 0 Å². The summed E-state index contributed by atoms with van der Waals surface area (Å²) >= 11 is 1.24. The predicted molar refractivity (Wildman–Crippen MR) is 83.4 cm³/mol. The zero-order valence-corrected chi connectivity index (χ0v) is 13.1. The van der Waals surface area contributed by atoms with Crippen molar-refractivity contribution in [2.75, 3.05) is 25.6 Å². The van der Waals surface area contributed by atoms with Crippen molar-refractivity contribution < 1.29 is 14.3 Å². The van der Waals surface area contributed by atoms with Gasteiger partial charge in [-0.3, -0.25) is 9.78 Å². The Balaban J connectivity index is 1.85. The van der Waals surface area contributed by atoms with Gasteiger partial charge in [0.1, 0.15) is 6.61 Å². The maximum absolute atomic E-state index is 11.6. The average molecular weight is 319 g/mol. The highest BCUT2D eigenvalue weighted by Gasteiger charge is 2.08. The van der Waals surface area contributed by atoms with E-state index in [1.807, 2.05) is 25.1 Å². The molecule has 2 heterocycles. The Morgan fingerprint density at radius 2 is 2.05 bits per heavy atom. The lowest BCUT2D eigenvalue weighted by Crippen LogP contribution is -2.12. The number of carbonyl (C=O) groups excluding carboxylic acids is 1. The Labute approximate surface area is 133 Å². The van der Waals surface area contributed by atoms with E-state index >= 15 is 0 Å². The third-order valence-corrected chi connectivity index (χ3v) is 3.41. The van der Waals surface area contributed by atoms with Crippen LogP contribution in [-0.4, -0.2) is 46.5 Å². The van der Waals surface area contributed by atoms with Crippen LogP contribution in [0.4, 0.5) is 0 Å². The van der Waals surface area contributed by atoms with Crippen LogP contribution < -0.4 is 0 Å². The molecule has 0 aliphatic heterocycles. The summed E-state index contributed by atoms with van der Waals surface area (Å²) in [6.07, 6.45) is 3.36. The lowest BCUT2D eigenvalue weighted by Gasteiger charge is -2.05. The Morgan fingerprint density at radius 1 is 1.14 bits per heavy atom.